The van der Waals surface area contributed by atoms with Gasteiger partial charge in [0.2, 0.25) is 5.91 Å². The molecule has 0 aliphatic rings. The van der Waals surface area contributed by atoms with Gasteiger partial charge in [0.1, 0.15) is 11.5 Å². The minimum atomic E-state index is -0.0398. The highest BCUT2D eigenvalue weighted by Crippen LogP contribution is 2.23. The molecule has 0 saturated heterocycles. The Morgan fingerprint density at radius 3 is 2.36 bits per heavy atom. The summed E-state index contributed by atoms with van der Waals surface area (Å²) in [5.41, 5.74) is 2.10. The first-order chi connectivity index (χ1) is 13.6. The Morgan fingerprint density at radius 1 is 0.964 bits per heavy atom. The zero-order chi connectivity index (χ0) is 19.9. The Morgan fingerprint density at radius 2 is 1.64 bits per heavy atom. The smallest absolute Gasteiger partial charge is 0.246 e. The van der Waals surface area contributed by atoms with E-state index in [-0.39, 0.29) is 5.91 Å². The third-order valence-electron chi connectivity index (χ3n) is 4.76. The molecule has 0 bridgehead atoms. The average molecular weight is 375 g/mol. The molecule has 1 amide bonds. The second kappa shape index (κ2) is 9.09. The molecule has 0 aromatic heterocycles. The maximum atomic E-state index is 12.5. The monoisotopic (exact) mass is 375 g/mol. The van der Waals surface area contributed by atoms with Gasteiger partial charge in [0, 0.05) is 25.7 Å². The maximum Gasteiger partial charge on any atom is 0.246 e. The third-order valence-corrected chi connectivity index (χ3v) is 4.76. The highest BCUT2D eigenvalue weighted by molar-refractivity contribution is 5.92. The van der Waals surface area contributed by atoms with Crippen molar-refractivity contribution in [2.75, 3.05) is 27.8 Å². The molecular formula is C24H25NO3. The highest BCUT2D eigenvalue weighted by Gasteiger charge is 2.07. The SMILES string of the molecule is COc1cc(/C=C/C(=O)N(C)CCc2cccc3ccccc23)cc(OC)c1. The summed E-state index contributed by atoms with van der Waals surface area (Å²) in [6.07, 6.45) is 4.17. The second-order valence-corrected chi connectivity index (χ2v) is 6.63. The summed E-state index contributed by atoms with van der Waals surface area (Å²) >= 11 is 0. The van der Waals surface area contributed by atoms with E-state index >= 15 is 0 Å². The van der Waals surface area contributed by atoms with E-state index in [1.54, 1.807) is 37.3 Å². The summed E-state index contributed by atoms with van der Waals surface area (Å²) in [4.78, 5) is 14.2. The largest absolute Gasteiger partial charge is 0.497 e. The fourth-order valence-corrected chi connectivity index (χ4v) is 3.13. The Balaban J connectivity index is 1.65. The van der Waals surface area contributed by atoms with E-state index < -0.39 is 0 Å². The predicted molar refractivity (Wildman–Crippen MR) is 114 cm³/mol. The lowest BCUT2D eigenvalue weighted by Gasteiger charge is -2.16. The van der Waals surface area contributed by atoms with Crippen molar-refractivity contribution in [3.63, 3.8) is 0 Å². The lowest BCUT2D eigenvalue weighted by atomic mass is 10.0. The number of amides is 1. The number of hydrogen-bond donors (Lipinski definition) is 0. The molecular weight excluding hydrogens is 350 g/mol. The number of carbonyl (C=O) groups is 1. The van der Waals surface area contributed by atoms with Gasteiger partial charge in [-0.1, -0.05) is 42.5 Å². The summed E-state index contributed by atoms with van der Waals surface area (Å²) in [6, 6.07) is 20.2. The molecule has 0 N–H and O–H groups in total. The lowest BCUT2D eigenvalue weighted by Crippen LogP contribution is -2.27. The summed E-state index contributed by atoms with van der Waals surface area (Å²) in [7, 11) is 5.03. The van der Waals surface area contributed by atoms with Gasteiger partial charge in [-0.05, 0) is 46.5 Å². The molecule has 4 nitrogen and oxygen atoms in total. The number of nitrogens with zero attached hydrogens (tertiary/aromatic N) is 1. The number of benzene rings is 3. The highest BCUT2D eigenvalue weighted by atomic mass is 16.5. The first-order valence-electron chi connectivity index (χ1n) is 9.23. The normalized spacial score (nSPS) is 11.0. The maximum absolute atomic E-state index is 12.5. The minimum Gasteiger partial charge on any atom is -0.497 e. The molecule has 4 heteroatoms. The molecule has 0 unspecified atom stereocenters. The van der Waals surface area contributed by atoms with Crippen molar-refractivity contribution in [3.05, 3.63) is 77.9 Å². The van der Waals surface area contributed by atoms with Crippen LogP contribution >= 0.6 is 0 Å². The lowest BCUT2D eigenvalue weighted by molar-refractivity contribution is -0.124. The quantitative estimate of drug-likeness (QED) is 0.568. The number of rotatable bonds is 7. The van der Waals surface area contributed by atoms with Crippen LogP contribution in [-0.2, 0) is 11.2 Å². The van der Waals surface area contributed by atoms with E-state index in [9.17, 15) is 4.79 Å². The van der Waals surface area contributed by atoms with Crippen LogP contribution in [0.25, 0.3) is 16.8 Å². The molecule has 28 heavy (non-hydrogen) atoms. The minimum absolute atomic E-state index is 0.0398. The standard InChI is InChI=1S/C24H25NO3/c1-25(14-13-20-9-6-8-19-7-4-5-10-23(19)20)24(26)12-11-18-15-21(27-2)17-22(16-18)28-3/h4-12,15-17H,13-14H2,1-3H3/b12-11+. The van der Waals surface area contributed by atoms with Gasteiger partial charge < -0.3 is 14.4 Å². The number of likely N-dealkylation sites (N-methyl/N-ethyl adjacent to an activating group) is 1. The van der Waals surface area contributed by atoms with Crippen molar-refractivity contribution in [3.8, 4) is 11.5 Å². The Hall–Kier alpha value is -3.27. The van der Waals surface area contributed by atoms with Crippen LogP contribution in [0.4, 0.5) is 0 Å². The van der Waals surface area contributed by atoms with Gasteiger partial charge in [0.15, 0.2) is 0 Å². The van der Waals surface area contributed by atoms with Crippen molar-refractivity contribution >= 4 is 22.8 Å². The molecule has 0 radical (unpaired) electrons. The first-order valence-corrected chi connectivity index (χ1v) is 9.23. The van der Waals surface area contributed by atoms with Crippen LogP contribution in [0.15, 0.2) is 66.7 Å². The fraction of sp³-hybridized carbons (Fsp3) is 0.208. The van der Waals surface area contributed by atoms with E-state index in [1.165, 1.54) is 16.3 Å². The van der Waals surface area contributed by atoms with E-state index in [4.69, 9.17) is 9.47 Å². The number of fused-ring (bicyclic) bond motifs is 1. The zero-order valence-electron chi connectivity index (χ0n) is 16.5. The molecule has 0 spiro atoms. The molecule has 144 valence electrons. The Kier molecular flexibility index (Phi) is 6.33. The molecule has 3 rings (SSSR count). The van der Waals surface area contributed by atoms with Crippen LogP contribution in [0.2, 0.25) is 0 Å². The Bertz CT molecular complexity index is 967. The van der Waals surface area contributed by atoms with Crippen LogP contribution in [0, 0.1) is 0 Å². The number of carbonyl (C=O) groups excluding carboxylic acids is 1. The molecule has 3 aromatic rings. The van der Waals surface area contributed by atoms with Gasteiger partial charge >= 0.3 is 0 Å². The molecule has 0 atom stereocenters. The number of methoxy groups -OCH3 is 2. The van der Waals surface area contributed by atoms with Crippen molar-refractivity contribution in [1.29, 1.82) is 0 Å². The third kappa shape index (κ3) is 4.71. The van der Waals surface area contributed by atoms with E-state index in [0.29, 0.717) is 18.0 Å². The van der Waals surface area contributed by atoms with Crippen molar-refractivity contribution in [2.45, 2.75) is 6.42 Å². The summed E-state index contributed by atoms with van der Waals surface area (Å²) in [5, 5.41) is 2.46. The van der Waals surface area contributed by atoms with E-state index in [0.717, 1.165) is 12.0 Å². The van der Waals surface area contributed by atoms with Crippen LogP contribution in [0.5, 0.6) is 11.5 Å². The molecule has 0 saturated carbocycles. The van der Waals surface area contributed by atoms with Crippen LogP contribution in [0.1, 0.15) is 11.1 Å². The summed E-state index contributed by atoms with van der Waals surface area (Å²) < 4.78 is 10.5. The molecule has 0 aliphatic carbocycles. The van der Waals surface area contributed by atoms with Crippen LogP contribution in [0.3, 0.4) is 0 Å². The molecule has 0 heterocycles. The van der Waals surface area contributed by atoms with Crippen LogP contribution < -0.4 is 9.47 Å². The topological polar surface area (TPSA) is 38.8 Å². The number of ether oxygens (including phenoxy) is 2. The van der Waals surface area contributed by atoms with Gasteiger partial charge in [0.25, 0.3) is 0 Å². The summed E-state index contributed by atoms with van der Waals surface area (Å²) in [6.45, 7) is 0.651. The Labute approximate surface area is 166 Å². The summed E-state index contributed by atoms with van der Waals surface area (Å²) in [5.74, 6) is 1.34. The van der Waals surface area contributed by atoms with Gasteiger partial charge in [-0.3, -0.25) is 4.79 Å². The van der Waals surface area contributed by atoms with Gasteiger partial charge in [0.05, 0.1) is 14.2 Å². The fourth-order valence-electron chi connectivity index (χ4n) is 3.13. The van der Waals surface area contributed by atoms with E-state index in [2.05, 4.69) is 30.3 Å². The molecule has 0 aliphatic heterocycles. The van der Waals surface area contributed by atoms with Gasteiger partial charge in [-0.25, -0.2) is 0 Å². The van der Waals surface area contributed by atoms with Crippen molar-refractivity contribution in [1.82, 2.24) is 4.90 Å². The van der Waals surface area contributed by atoms with Gasteiger partial charge in [-0.2, -0.15) is 0 Å². The molecule has 3 aromatic carbocycles. The first kappa shape index (κ1) is 19.5. The number of hydrogen-bond acceptors (Lipinski definition) is 3. The van der Waals surface area contributed by atoms with Crippen molar-refractivity contribution in [2.24, 2.45) is 0 Å². The van der Waals surface area contributed by atoms with E-state index in [1.807, 2.05) is 31.3 Å². The zero-order valence-corrected chi connectivity index (χ0v) is 16.5. The second-order valence-electron chi connectivity index (χ2n) is 6.63. The average Bonchev–Trinajstić information content (AvgIpc) is 2.75. The van der Waals surface area contributed by atoms with Crippen LogP contribution in [-0.4, -0.2) is 38.6 Å². The van der Waals surface area contributed by atoms with Crippen molar-refractivity contribution < 1.29 is 14.3 Å². The predicted octanol–water partition coefficient (Wildman–Crippen LogP) is 4.57. The molecule has 0 fully saturated rings. The van der Waals surface area contributed by atoms with Gasteiger partial charge in [-0.15, -0.1) is 0 Å².